The Morgan fingerprint density at radius 1 is 0.523 bits per heavy atom. The van der Waals surface area contributed by atoms with Gasteiger partial charge in [0.2, 0.25) is 5.95 Å². The Kier molecular flexibility index (Phi) is 5.56. The van der Waals surface area contributed by atoms with E-state index in [0.29, 0.717) is 17.6 Å². The minimum absolute atomic E-state index is 0.205. The predicted molar refractivity (Wildman–Crippen MR) is 178 cm³/mol. The van der Waals surface area contributed by atoms with Crippen molar-refractivity contribution < 1.29 is 0 Å². The van der Waals surface area contributed by atoms with E-state index in [-0.39, 0.29) is 12.0 Å². The molecule has 0 saturated carbocycles. The van der Waals surface area contributed by atoms with Crippen LogP contribution in [-0.4, -0.2) is 25.6 Å². The Labute approximate surface area is 255 Å². The van der Waals surface area contributed by atoms with Crippen molar-refractivity contribution in [3.8, 4) is 28.7 Å². The van der Waals surface area contributed by atoms with Crippen LogP contribution in [0.25, 0.3) is 50.5 Å². The molecule has 3 heterocycles. The van der Waals surface area contributed by atoms with E-state index in [2.05, 4.69) is 101 Å². The highest BCUT2D eigenvalue weighted by Gasteiger charge is 2.39. The summed E-state index contributed by atoms with van der Waals surface area (Å²) in [7, 11) is 0. The molecule has 5 nitrogen and oxygen atoms in total. The number of aromatic nitrogens is 4. The average Bonchev–Trinajstić information content (AvgIpc) is 3.62. The van der Waals surface area contributed by atoms with Crippen LogP contribution >= 0.6 is 0 Å². The molecule has 9 rings (SSSR count). The van der Waals surface area contributed by atoms with Gasteiger partial charge in [0.15, 0.2) is 11.6 Å². The molecule has 0 spiro atoms. The summed E-state index contributed by atoms with van der Waals surface area (Å²) in [6.45, 7) is 0. The van der Waals surface area contributed by atoms with E-state index in [4.69, 9.17) is 15.0 Å². The minimum atomic E-state index is 0.205. The molecule has 44 heavy (non-hydrogen) atoms. The summed E-state index contributed by atoms with van der Waals surface area (Å²) < 4.78 is 2.21. The molecule has 0 bridgehead atoms. The first-order valence-corrected chi connectivity index (χ1v) is 15.0. The van der Waals surface area contributed by atoms with Gasteiger partial charge in [0.25, 0.3) is 0 Å². The smallest absolute Gasteiger partial charge is 0.238 e. The molecule has 0 saturated heterocycles. The van der Waals surface area contributed by atoms with Gasteiger partial charge in [0, 0.05) is 33.5 Å². The van der Waals surface area contributed by atoms with Crippen molar-refractivity contribution in [3.63, 3.8) is 0 Å². The van der Waals surface area contributed by atoms with E-state index in [1.165, 1.54) is 27.7 Å². The van der Waals surface area contributed by atoms with Crippen molar-refractivity contribution in [2.45, 2.75) is 12.0 Å². The van der Waals surface area contributed by atoms with Crippen LogP contribution in [0.5, 0.6) is 0 Å². The van der Waals surface area contributed by atoms with Gasteiger partial charge in [-0.05, 0) is 29.8 Å². The highest BCUT2D eigenvalue weighted by Crippen LogP contribution is 2.52. The van der Waals surface area contributed by atoms with E-state index in [9.17, 15) is 0 Å². The maximum Gasteiger partial charge on any atom is 0.238 e. The van der Waals surface area contributed by atoms with Crippen molar-refractivity contribution in [2.75, 3.05) is 4.90 Å². The third-order valence-corrected chi connectivity index (χ3v) is 8.77. The van der Waals surface area contributed by atoms with E-state index in [0.717, 1.165) is 22.2 Å². The zero-order valence-corrected chi connectivity index (χ0v) is 23.8. The predicted octanol–water partition coefficient (Wildman–Crippen LogP) is 9.03. The van der Waals surface area contributed by atoms with Gasteiger partial charge in [0.05, 0.1) is 22.8 Å². The van der Waals surface area contributed by atoms with Crippen LogP contribution in [0.3, 0.4) is 0 Å². The Morgan fingerprint density at radius 3 is 1.84 bits per heavy atom. The lowest BCUT2D eigenvalue weighted by molar-refractivity contribution is 0.745. The molecule has 1 aliphatic heterocycles. The summed E-state index contributed by atoms with van der Waals surface area (Å²) in [6, 6.07) is 44.4. The van der Waals surface area contributed by atoms with Crippen molar-refractivity contribution in [1.29, 1.82) is 0 Å². The second kappa shape index (κ2) is 9.89. The van der Waals surface area contributed by atoms with Crippen LogP contribution in [0, 0.1) is 0 Å². The van der Waals surface area contributed by atoms with Gasteiger partial charge in [-0.2, -0.15) is 9.97 Å². The highest BCUT2D eigenvalue weighted by molar-refractivity contribution is 6.17. The van der Waals surface area contributed by atoms with Crippen molar-refractivity contribution >= 4 is 33.2 Å². The summed E-state index contributed by atoms with van der Waals surface area (Å²) in [5, 5.41) is 2.39. The molecule has 0 amide bonds. The molecule has 2 atom stereocenters. The number of hydrogen-bond acceptors (Lipinski definition) is 4. The summed E-state index contributed by atoms with van der Waals surface area (Å²) in [5.41, 5.74) is 7.80. The Hall–Kier alpha value is -5.81. The van der Waals surface area contributed by atoms with Gasteiger partial charge in [-0.15, -0.1) is 0 Å². The first-order chi connectivity index (χ1) is 21.8. The number of nitrogens with zero attached hydrogens (tertiary/aromatic N) is 5. The Morgan fingerprint density at radius 2 is 1.14 bits per heavy atom. The normalized spacial score (nSPS) is 16.9. The van der Waals surface area contributed by atoms with Crippen LogP contribution in [0.15, 0.2) is 152 Å². The fourth-order valence-corrected chi connectivity index (χ4v) is 6.87. The number of allylic oxidation sites excluding steroid dienone is 2. The number of hydrogen-bond donors (Lipinski definition) is 0. The zero-order chi connectivity index (χ0) is 29.0. The molecule has 5 heteroatoms. The number of para-hydroxylation sites is 2. The van der Waals surface area contributed by atoms with Crippen LogP contribution < -0.4 is 4.90 Å². The maximum atomic E-state index is 5.12. The summed E-state index contributed by atoms with van der Waals surface area (Å²) in [5.74, 6) is 2.17. The fraction of sp³-hybridized carbons (Fsp3) is 0.0513. The molecule has 0 fully saturated rings. The van der Waals surface area contributed by atoms with E-state index >= 15 is 0 Å². The lowest BCUT2D eigenvalue weighted by atomic mass is 9.91. The van der Waals surface area contributed by atoms with Gasteiger partial charge in [-0.1, -0.05) is 127 Å². The lowest BCUT2D eigenvalue weighted by Gasteiger charge is -2.29. The average molecular weight is 566 g/mol. The molecule has 0 N–H and O–H groups in total. The largest absolute Gasteiger partial charge is 0.333 e. The van der Waals surface area contributed by atoms with Gasteiger partial charge in [-0.3, -0.25) is 4.57 Å². The van der Waals surface area contributed by atoms with E-state index in [1.54, 1.807) is 0 Å². The molecular weight excluding hydrogens is 538 g/mol. The SMILES string of the molecule is C1=CC2c3ccc4c(c3N(c3ccccc3)C2C=C1)c1ccccc1n4-c1nc(-c2ccccc2)nc(-c2ccccc2)n1. The highest BCUT2D eigenvalue weighted by atomic mass is 15.2. The van der Waals surface area contributed by atoms with Crippen LogP contribution in [-0.2, 0) is 0 Å². The third-order valence-electron chi connectivity index (χ3n) is 8.77. The zero-order valence-electron chi connectivity index (χ0n) is 23.8. The number of rotatable bonds is 4. The first-order valence-electron chi connectivity index (χ1n) is 15.0. The van der Waals surface area contributed by atoms with Crippen molar-refractivity contribution in [3.05, 3.63) is 157 Å². The molecule has 2 unspecified atom stereocenters. The maximum absolute atomic E-state index is 5.12. The molecule has 7 aromatic rings. The second-order valence-electron chi connectivity index (χ2n) is 11.3. The van der Waals surface area contributed by atoms with E-state index < -0.39 is 0 Å². The molecule has 1 aliphatic carbocycles. The van der Waals surface area contributed by atoms with Gasteiger partial charge in [0.1, 0.15) is 0 Å². The van der Waals surface area contributed by atoms with Gasteiger partial charge < -0.3 is 4.90 Å². The first kappa shape index (κ1) is 24.8. The van der Waals surface area contributed by atoms with Crippen LogP contribution in [0.2, 0.25) is 0 Å². The molecule has 5 aromatic carbocycles. The van der Waals surface area contributed by atoms with E-state index in [1.807, 2.05) is 60.7 Å². The fourth-order valence-electron chi connectivity index (χ4n) is 6.87. The molecule has 208 valence electrons. The minimum Gasteiger partial charge on any atom is -0.333 e. The third kappa shape index (κ3) is 3.76. The Bertz CT molecular complexity index is 2180. The quantitative estimate of drug-likeness (QED) is 0.214. The van der Waals surface area contributed by atoms with Gasteiger partial charge in [-0.25, -0.2) is 4.98 Å². The second-order valence-corrected chi connectivity index (χ2v) is 11.3. The lowest BCUT2D eigenvalue weighted by Crippen LogP contribution is -2.28. The number of fused-ring (bicyclic) bond motifs is 7. The molecular formula is C39H27N5. The van der Waals surface area contributed by atoms with Crippen molar-refractivity contribution in [2.24, 2.45) is 0 Å². The Balaban J connectivity index is 1.36. The number of benzene rings is 5. The molecule has 2 aromatic heterocycles. The standard InChI is InChI=1S/C39H27N5/c1-4-14-26(15-5-1)37-40-38(27-16-6-2-7-17-27)42-39(41-37)44-33-23-13-11-21-31(33)35-34(44)25-24-30-29-20-10-12-22-32(29)43(36(30)35)28-18-8-3-9-19-28/h1-25,29,32H. The molecule has 2 aliphatic rings. The van der Waals surface area contributed by atoms with Gasteiger partial charge >= 0.3 is 0 Å². The van der Waals surface area contributed by atoms with Crippen LogP contribution in [0.1, 0.15) is 11.5 Å². The van der Waals surface area contributed by atoms with Crippen molar-refractivity contribution in [1.82, 2.24) is 19.5 Å². The number of anilines is 2. The monoisotopic (exact) mass is 565 g/mol. The van der Waals surface area contributed by atoms with Crippen LogP contribution in [0.4, 0.5) is 11.4 Å². The summed E-state index contributed by atoms with van der Waals surface area (Å²) in [6.07, 6.45) is 9.01. The topological polar surface area (TPSA) is 46.8 Å². The summed E-state index contributed by atoms with van der Waals surface area (Å²) >= 11 is 0. The summed E-state index contributed by atoms with van der Waals surface area (Å²) in [4.78, 5) is 17.7. The molecule has 0 radical (unpaired) electrons.